The van der Waals surface area contributed by atoms with Gasteiger partial charge < -0.3 is 15.0 Å². The Morgan fingerprint density at radius 3 is 2.59 bits per heavy atom. The third kappa shape index (κ3) is 6.85. The number of H-pyrrole nitrogens is 1. The van der Waals surface area contributed by atoms with E-state index in [1.165, 1.54) is 0 Å². The molecule has 0 unspecified atom stereocenters. The summed E-state index contributed by atoms with van der Waals surface area (Å²) < 4.78 is 5.78. The molecule has 122 valence electrons. The number of pyridine rings is 1. The zero-order valence-electron chi connectivity index (χ0n) is 13.6. The number of alkyl carbamates (subject to hydrolysis) is 1. The van der Waals surface area contributed by atoms with Crippen LogP contribution in [-0.4, -0.2) is 29.0 Å². The minimum absolute atomic E-state index is 0.0756. The number of amides is 1. The second-order valence-corrected chi connectivity index (χ2v) is 6.62. The predicted octanol–water partition coefficient (Wildman–Crippen LogP) is 3.93. The molecule has 0 aliphatic carbocycles. The molecule has 0 aromatic carbocycles. The van der Waals surface area contributed by atoms with Crippen LogP contribution in [0.1, 0.15) is 56.0 Å². The first-order valence-electron chi connectivity index (χ1n) is 7.38. The molecule has 1 rings (SSSR count). The highest BCUT2D eigenvalue weighted by Crippen LogP contribution is 2.09. The van der Waals surface area contributed by atoms with Crippen LogP contribution in [0, 0.1) is 11.6 Å². The fraction of sp³-hybridized carbons (Fsp3) is 0.562. The van der Waals surface area contributed by atoms with Crippen molar-refractivity contribution in [3.05, 3.63) is 28.0 Å². The number of Topliss-reactive ketones (excluding diaryl/α,β-unsaturated/α-hetero) is 1. The Morgan fingerprint density at radius 2 is 2.00 bits per heavy atom. The molecule has 6 heteroatoms. The predicted molar refractivity (Wildman–Crippen MR) is 88.8 cm³/mol. The van der Waals surface area contributed by atoms with Gasteiger partial charge in [-0.1, -0.05) is 12.2 Å². The van der Waals surface area contributed by atoms with Gasteiger partial charge in [0.1, 0.15) is 10.2 Å². The largest absolute Gasteiger partial charge is 0.444 e. The number of carbonyl (C=O) groups excluding carboxylic acids is 2. The number of rotatable bonds is 6. The molecule has 0 aliphatic heterocycles. The molecular formula is C16H24N2O3S. The summed E-state index contributed by atoms with van der Waals surface area (Å²) in [6.45, 7) is 7.83. The molecular weight excluding hydrogens is 300 g/mol. The summed E-state index contributed by atoms with van der Waals surface area (Å²) in [5, 5.41) is 2.68. The first-order valence-corrected chi connectivity index (χ1v) is 7.79. The molecule has 0 spiro atoms. The number of nitrogens with one attached hydrogen (secondary N) is 2. The highest BCUT2D eigenvalue weighted by molar-refractivity contribution is 7.71. The van der Waals surface area contributed by atoms with Crippen molar-refractivity contribution < 1.29 is 14.3 Å². The molecule has 0 saturated heterocycles. The van der Waals surface area contributed by atoms with Gasteiger partial charge in [-0.2, -0.15) is 0 Å². The van der Waals surface area contributed by atoms with E-state index in [0.29, 0.717) is 29.6 Å². The number of aryl methyl sites for hydroxylation is 1. The van der Waals surface area contributed by atoms with Gasteiger partial charge in [-0.3, -0.25) is 4.79 Å². The van der Waals surface area contributed by atoms with Gasteiger partial charge in [0.05, 0.1) is 0 Å². The molecule has 0 fully saturated rings. The highest BCUT2D eigenvalue weighted by Gasteiger charge is 2.15. The average molecular weight is 324 g/mol. The Morgan fingerprint density at radius 1 is 1.32 bits per heavy atom. The van der Waals surface area contributed by atoms with Crippen LogP contribution in [0.4, 0.5) is 4.79 Å². The van der Waals surface area contributed by atoms with Crippen LogP contribution in [0.15, 0.2) is 12.3 Å². The lowest BCUT2D eigenvalue weighted by atomic mass is 10.1. The Bertz CT molecular complexity index is 588. The standard InChI is InChI=1S/C16H24N2O3S/c1-11-9-12(10-18-14(11)22)13(19)7-5-6-8-17-15(20)21-16(2,3)4/h9-10H,5-8H2,1-4H3,(H,17,20)(H,18,22). The topological polar surface area (TPSA) is 71.2 Å². The van der Waals surface area contributed by atoms with Gasteiger partial charge in [-0.25, -0.2) is 4.79 Å². The van der Waals surface area contributed by atoms with Crippen LogP contribution in [-0.2, 0) is 4.74 Å². The van der Waals surface area contributed by atoms with Gasteiger partial charge in [0.25, 0.3) is 0 Å². The van der Waals surface area contributed by atoms with Gasteiger partial charge in [0, 0.05) is 24.7 Å². The van der Waals surface area contributed by atoms with Crippen LogP contribution < -0.4 is 5.32 Å². The van der Waals surface area contributed by atoms with Crippen molar-refractivity contribution in [2.24, 2.45) is 0 Å². The third-order valence-electron chi connectivity index (χ3n) is 2.91. The van der Waals surface area contributed by atoms with Crippen LogP contribution >= 0.6 is 12.2 Å². The van der Waals surface area contributed by atoms with E-state index in [1.807, 2.05) is 27.7 Å². The summed E-state index contributed by atoms with van der Waals surface area (Å²) in [5.41, 5.74) is 1.05. The first-order chi connectivity index (χ1) is 10.2. The van der Waals surface area contributed by atoms with Gasteiger partial charge in [-0.05, 0) is 52.2 Å². The molecule has 0 radical (unpaired) electrons. The minimum atomic E-state index is -0.495. The van der Waals surface area contributed by atoms with E-state index in [4.69, 9.17) is 17.0 Å². The molecule has 5 nitrogen and oxygen atoms in total. The van der Waals surface area contributed by atoms with Crippen molar-refractivity contribution >= 4 is 24.1 Å². The zero-order valence-corrected chi connectivity index (χ0v) is 14.4. The molecule has 1 aromatic heterocycles. The van der Waals surface area contributed by atoms with Crippen molar-refractivity contribution in [2.45, 2.75) is 52.6 Å². The quantitative estimate of drug-likeness (QED) is 0.472. The van der Waals surface area contributed by atoms with E-state index in [0.717, 1.165) is 12.0 Å². The molecule has 0 bridgehead atoms. The maximum absolute atomic E-state index is 12.0. The summed E-state index contributed by atoms with van der Waals surface area (Å²) >= 11 is 5.06. The van der Waals surface area contributed by atoms with Gasteiger partial charge >= 0.3 is 6.09 Å². The fourth-order valence-electron chi connectivity index (χ4n) is 1.82. The van der Waals surface area contributed by atoms with Gasteiger partial charge in [0.15, 0.2) is 5.78 Å². The lowest BCUT2D eigenvalue weighted by molar-refractivity contribution is 0.0527. The number of ketones is 1. The lowest BCUT2D eigenvalue weighted by Gasteiger charge is -2.19. The Hall–Kier alpha value is -1.69. The fourth-order valence-corrected chi connectivity index (χ4v) is 1.94. The highest BCUT2D eigenvalue weighted by atomic mass is 32.1. The molecule has 22 heavy (non-hydrogen) atoms. The third-order valence-corrected chi connectivity index (χ3v) is 3.35. The summed E-state index contributed by atoms with van der Waals surface area (Å²) in [6.07, 6.45) is 3.11. The Kier molecular flexibility index (Phi) is 6.74. The van der Waals surface area contributed by atoms with Crippen molar-refractivity contribution in [1.29, 1.82) is 0 Å². The van der Waals surface area contributed by atoms with Gasteiger partial charge in [0.2, 0.25) is 0 Å². The summed E-state index contributed by atoms with van der Waals surface area (Å²) in [4.78, 5) is 26.4. The van der Waals surface area contributed by atoms with Crippen LogP contribution in [0.3, 0.4) is 0 Å². The van der Waals surface area contributed by atoms with E-state index < -0.39 is 11.7 Å². The molecule has 1 heterocycles. The molecule has 0 atom stereocenters. The first kappa shape index (κ1) is 18.4. The van der Waals surface area contributed by atoms with Crippen molar-refractivity contribution in [2.75, 3.05) is 6.54 Å². The number of hydrogen-bond acceptors (Lipinski definition) is 4. The number of hydrogen-bond donors (Lipinski definition) is 2. The van der Waals surface area contributed by atoms with Crippen LogP contribution in [0.25, 0.3) is 0 Å². The average Bonchev–Trinajstić information content (AvgIpc) is 2.39. The van der Waals surface area contributed by atoms with Crippen LogP contribution in [0.5, 0.6) is 0 Å². The number of ether oxygens (including phenoxy) is 1. The van der Waals surface area contributed by atoms with E-state index in [9.17, 15) is 9.59 Å². The lowest BCUT2D eigenvalue weighted by Crippen LogP contribution is -2.33. The molecule has 2 N–H and O–H groups in total. The monoisotopic (exact) mass is 324 g/mol. The van der Waals surface area contributed by atoms with Gasteiger partial charge in [-0.15, -0.1) is 0 Å². The SMILES string of the molecule is Cc1cc(C(=O)CCCCNC(=O)OC(C)(C)C)c[nH]c1=S. The minimum Gasteiger partial charge on any atom is -0.444 e. The van der Waals surface area contributed by atoms with Crippen LogP contribution in [0.2, 0.25) is 0 Å². The Balaban J connectivity index is 2.27. The molecule has 0 saturated carbocycles. The molecule has 1 aromatic rings. The number of unbranched alkanes of at least 4 members (excludes halogenated alkanes) is 1. The van der Waals surface area contributed by atoms with E-state index in [-0.39, 0.29) is 5.78 Å². The second kappa shape index (κ2) is 8.08. The maximum Gasteiger partial charge on any atom is 0.407 e. The summed E-state index contributed by atoms with van der Waals surface area (Å²) in [7, 11) is 0. The summed E-state index contributed by atoms with van der Waals surface area (Å²) in [6, 6.07) is 1.81. The van der Waals surface area contributed by atoms with E-state index in [2.05, 4.69) is 10.3 Å². The van der Waals surface area contributed by atoms with Crippen molar-refractivity contribution in [3.63, 3.8) is 0 Å². The number of aromatic nitrogens is 1. The maximum atomic E-state index is 12.0. The smallest absolute Gasteiger partial charge is 0.407 e. The normalized spacial score (nSPS) is 11.1. The Labute approximate surface area is 136 Å². The van der Waals surface area contributed by atoms with Crippen molar-refractivity contribution in [1.82, 2.24) is 10.3 Å². The van der Waals surface area contributed by atoms with E-state index >= 15 is 0 Å². The summed E-state index contributed by atoms with van der Waals surface area (Å²) in [5.74, 6) is 0.0756. The number of aromatic amines is 1. The second-order valence-electron chi connectivity index (χ2n) is 6.21. The van der Waals surface area contributed by atoms with Crippen molar-refractivity contribution in [3.8, 4) is 0 Å². The van der Waals surface area contributed by atoms with E-state index in [1.54, 1.807) is 12.3 Å². The molecule has 1 amide bonds. The molecule has 0 aliphatic rings. The number of carbonyl (C=O) groups is 2. The zero-order chi connectivity index (χ0) is 16.8.